The Bertz CT molecular complexity index is 398. The van der Waals surface area contributed by atoms with Crippen molar-refractivity contribution in [2.24, 2.45) is 0 Å². The molecule has 114 valence electrons. The first-order valence-electron chi connectivity index (χ1n) is 8.26. The second-order valence-electron chi connectivity index (χ2n) is 5.72. The third-order valence-corrected chi connectivity index (χ3v) is 4.80. The van der Waals surface area contributed by atoms with Crippen LogP contribution in [0.3, 0.4) is 0 Å². The molecule has 2 rings (SSSR count). The largest absolute Gasteiger partial charge is 0.345 e. The van der Waals surface area contributed by atoms with Gasteiger partial charge in [0, 0.05) is 24.0 Å². The molecule has 1 aliphatic rings. The third-order valence-electron chi connectivity index (χ3n) is 3.66. The number of hydrogen-bond donors (Lipinski definition) is 1. The van der Waals surface area contributed by atoms with Crippen LogP contribution in [0.1, 0.15) is 63.4 Å². The molecule has 0 aromatic carbocycles. The quantitative estimate of drug-likeness (QED) is 0.662. The van der Waals surface area contributed by atoms with Gasteiger partial charge in [0.15, 0.2) is 5.13 Å². The zero-order chi connectivity index (χ0) is 14.4. The summed E-state index contributed by atoms with van der Waals surface area (Å²) in [6.07, 6.45) is 7.41. The van der Waals surface area contributed by atoms with Gasteiger partial charge in [-0.05, 0) is 38.6 Å². The number of thiazole rings is 1. The Hall–Kier alpha value is -0.610. The molecule has 0 saturated heterocycles. The van der Waals surface area contributed by atoms with Gasteiger partial charge in [-0.1, -0.05) is 27.2 Å². The molecule has 0 radical (unpaired) electrons. The zero-order valence-corrected chi connectivity index (χ0v) is 14.1. The van der Waals surface area contributed by atoms with Crippen molar-refractivity contribution in [3.8, 4) is 0 Å². The van der Waals surface area contributed by atoms with Crippen LogP contribution in [-0.4, -0.2) is 24.1 Å². The molecule has 20 heavy (non-hydrogen) atoms. The summed E-state index contributed by atoms with van der Waals surface area (Å²) < 4.78 is 0. The van der Waals surface area contributed by atoms with E-state index < -0.39 is 0 Å². The fourth-order valence-electron chi connectivity index (χ4n) is 2.50. The molecular weight excluding hydrogens is 266 g/mol. The predicted octanol–water partition coefficient (Wildman–Crippen LogP) is 3.97. The number of rotatable bonds is 10. The van der Waals surface area contributed by atoms with Gasteiger partial charge in [-0.3, -0.25) is 0 Å². The van der Waals surface area contributed by atoms with E-state index in [1.807, 2.05) is 11.3 Å². The number of aryl methyl sites for hydroxylation is 1. The lowest BCUT2D eigenvalue weighted by atomic mass is 10.2. The topological polar surface area (TPSA) is 28.2 Å². The number of nitrogens with one attached hydrogen (secondary N) is 1. The molecule has 1 aromatic heterocycles. The van der Waals surface area contributed by atoms with Crippen molar-refractivity contribution in [3.63, 3.8) is 0 Å². The molecule has 0 amide bonds. The van der Waals surface area contributed by atoms with Gasteiger partial charge in [0.05, 0.1) is 5.69 Å². The Morgan fingerprint density at radius 1 is 1.20 bits per heavy atom. The minimum absolute atomic E-state index is 0.770. The highest BCUT2D eigenvalue weighted by molar-refractivity contribution is 7.15. The molecule has 1 N–H and O–H groups in total. The van der Waals surface area contributed by atoms with Crippen molar-refractivity contribution >= 4 is 16.5 Å². The lowest BCUT2D eigenvalue weighted by molar-refractivity contribution is 0.674. The first kappa shape index (κ1) is 15.8. The maximum Gasteiger partial charge on any atom is 0.186 e. The summed E-state index contributed by atoms with van der Waals surface area (Å²) in [5.41, 5.74) is 1.33. The van der Waals surface area contributed by atoms with Crippen LogP contribution in [0.4, 0.5) is 5.13 Å². The smallest absolute Gasteiger partial charge is 0.186 e. The summed E-state index contributed by atoms with van der Waals surface area (Å²) >= 11 is 1.92. The van der Waals surface area contributed by atoms with Crippen LogP contribution in [-0.2, 0) is 13.0 Å². The lowest BCUT2D eigenvalue weighted by Crippen LogP contribution is -2.26. The van der Waals surface area contributed by atoms with E-state index in [4.69, 9.17) is 4.98 Å². The summed E-state index contributed by atoms with van der Waals surface area (Å²) in [4.78, 5) is 8.97. The molecule has 1 saturated carbocycles. The highest BCUT2D eigenvalue weighted by Gasteiger charge is 2.30. The molecule has 0 bridgehead atoms. The van der Waals surface area contributed by atoms with E-state index in [1.165, 1.54) is 47.8 Å². The Morgan fingerprint density at radius 2 is 2.00 bits per heavy atom. The molecule has 0 unspecified atom stereocenters. The normalized spacial score (nSPS) is 14.8. The second kappa shape index (κ2) is 7.99. The van der Waals surface area contributed by atoms with Crippen LogP contribution < -0.4 is 10.2 Å². The van der Waals surface area contributed by atoms with Crippen LogP contribution in [0.5, 0.6) is 0 Å². The minimum atomic E-state index is 0.770. The Balaban J connectivity index is 2.09. The molecule has 3 nitrogen and oxygen atoms in total. The van der Waals surface area contributed by atoms with E-state index in [0.29, 0.717) is 0 Å². The molecule has 1 aromatic rings. The molecular formula is C16H29N3S. The Morgan fingerprint density at radius 3 is 2.60 bits per heavy atom. The van der Waals surface area contributed by atoms with Gasteiger partial charge in [0.25, 0.3) is 0 Å². The summed E-state index contributed by atoms with van der Waals surface area (Å²) in [6.45, 7) is 9.97. The van der Waals surface area contributed by atoms with Crippen molar-refractivity contribution in [2.45, 2.75) is 71.9 Å². The summed E-state index contributed by atoms with van der Waals surface area (Å²) in [7, 11) is 0. The van der Waals surface area contributed by atoms with Gasteiger partial charge >= 0.3 is 0 Å². The van der Waals surface area contributed by atoms with Crippen LogP contribution in [0.25, 0.3) is 0 Å². The van der Waals surface area contributed by atoms with Crippen LogP contribution >= 0.6 is 11.3 Å². The number of hydrogen-bond acceptors (Lipinski definition) is 4. The van der Waals surface area contributed by atoms with Gasteiger partial charge in [-0.15, -0.1) is 11.3 Å². The van der Waals surface area contributed by atoms with Gasteiger partial charge in [-0.25, -0.2) is 4.98 Å². The molecule has 0 spiro atoms. The predicted molar refractivity (Wildman–Crippen MR) is 88.8 cm³/mol. The van der Waals surface area contributed by atoms with Crippen molar-refractivity contribution in [1.82, 2.24) is 10.3 Å². The van der Waals surface area contributed by atoms with E-state index in [2.05, 4.69) is 31.0 Å². The van der Waals surface area contributed by atoms with Gasteiger partial charge in [0.1, 0.15) is 0 Å². The molecule has 0 atom stereocenters. The average Bonchev–Trinajstić information content (AvgIpc) is 3.20. The third kappa shape index (κ3) is 4.19. The summed E-state index contributed by atoms with van der Waals surface area (Å²) in [5.74, 6) is 0. The molecule has 4 heteroatoms. The lowest BCUT2D eigenvalue weighted by Gasteiger charge is -2.20. The van der Waals surface area contributed by atoms with Crippen LogP contribution in [0.2, 0.25) is 0 Å². The summed E-state index contributed by atoms with van der Waals surface area (Å²) in [6, 6.07) is 0.770. The van der Waals surface area contributed by atoms with Crippen LogP contribution in [0, 0.1) is 0 Å². The number of nitrogens with zero attached hydrogens (tertiary/aromatic N) is 2. The Kier molecular flexibility index (Phi) is 6.30. The maximum absolute atomic E-state index is 4.96. The number of anilines is 1. The zero-order valence-electron chi connectivity index (χ0n) is 13.2. The Labute approximate surface area is 127 Å². The number of aromatic nitrogens is 1. The first-order chi connectivity index (χ1) is 9.80. The van der Waals surface area contributed by atoms with Crippen molar-refractivity contribution in [3.05, 3.63) is 10.6 Å². The van der Waals surface area contributed by atoms with Crippen molar-refractivity contribution in [1.29, 1.82) is 0 Å². The van der Waals surface area contributed by atoms with E-state index in [9.17, 15) is 0 Å². The van der Waals surface area contributed by atoms with Crippen molar-refractivity contribution in [2.75, 3.05) is 18.0 Å². The van der Waals surface area contributed by atoms with E-state index in [-0.39, 0.29) is 0 Å². The minimum Gasteiger partial charge on any atom is -0.345 e. The maximum atomic E-state index is 4.96. The fourth-order valence-corrected chi connectivity index (χ4v) is 3.68. The SMILES string of the molecule is CCCNCc1sc(N(CCC)C2CC2)nc1CCC. The van der Waals surface area contributed by atoms with E-state index in [1.54, 1.807) is 0 Å². The van der Waals surface area contributed by atoms with E-state index >= 15 is 0 Å². The monoisotopic (exact) mass is 295 g/mol. The molecule has 0 aliphatic heterocycles. The van der Waals surface area contributed by atoms with Gasteiger partial charge in [-0.2, -0.15) is 0 Å². The average molecular weight is 295 g/mol. The van der Waals surface area contributed by atoms with E-state index in [0.717, 1.165) is 32.1 Å². The fraction of sp³-hybridized carbons (Fsp3) is 0.812. The second-order valence-corrected chi connectivity index (χ2v) is 6.78. The van der Waals surface area contributed by atoms with Gasteiger partial charge in [0.2, 0.25) is 0 Å². The molecule has 1 heterocycles. The van der Waals surface area contributed by atoms with Crippen LogP contribution in [0.15, 0.2) is 0 Å². The summed E-state index contributed by atoms with van der Waals surface area (Å²) in [5, 5.41) is 4.80. The van der Waals surface area contributed by atoms with Crippen molar-refractivity contribution < 1.29 is 0 Å². The van der Waals surface area contributed by atoms with Gasteiger partial charge < -0.3 is 10.2 Å². The molecule has 1 aliphatic carbocycles. The first-order valence-corrected chi connectivity index (χ1v) is 9.07. The molecule has 1 fully saturated rings. The standard InChI is InChI=1S/C16H29N3S/c1-4-7-14-15(12-17-10-5-2)20-16(18-14)19(11-6-3)13-8-9-13/h13,17H,4-12H2,1-3H3. The highest BCUT2D eigenvalue weighted by Crippen LogP contribution is 2.35. The highest BCUT2D eigenvalue weighted by atomic mass is 32.1.